The second-order valence-electron chi connectivity index (χ2n) is 6.56. The lowest BCUT2D eigenvalue weighted by Crippen LogP contribution is -2.39. The summed E-state index contributed by atoms with van der Waals surface area (Å²) < 4.78 is 5.59. The zero-order chi connectivity index (χ0) is 15.4. The number of aryl methyl sites for hydroxylation is 2. The molecule has 4 heteroatoms. The first-order valence-corrected chi connectivity index (χ1v) is 8.01. The van der Waals surface area contributed by atoms with Crippen LogP contribution in [0.1, 0.15) is 43.8 Å². The fourth-order valence-corrected chi connectivity index (χ4v) is 2.88. The van der Waals surface area contributed by atoms with Crippen LogP contribution < -0.4 is 5.32 Å². The summed E-state index contributed by atoms with van der Waals surface area (Å²) in [6, 6.07) is 2.14. The van der Waals surface area contributed by atoms with Crippen molar-refractivity contribution in [2.45, 2.75) is 47.1 Å². The Bertz CT molecular complexity index is 471. The summed E-state index contributed by atoms with van der Waals surface area (Å²) in [5.74, 6) is 2.91. The molecule has 4 nitrogen and oxygen atoms in total. The Hall–Kier alpha value is -1.29. The molecule has 1 aromatic rings. The van der Waals surface area contributed by atoms with E-state index in [1.54, 1.807) is 0 Å². The number of carbonyl (C=O) groups excluding carboxylic acids is 1. The molecular formula is C17H28N2O2. The van der Waals surface area contributed by atoms with Gasteiger partial charge in [0.05, 0.1) is 0 Å². The van der Waals surface area contributed by atoms with E-state index >= 15 is 0 Å². The van der Waals surface area contributed by atoms with Gasteiger partial charge in [0.25, 0.3) is 0 Å². The molecule has 0 saturated carbocycles. The Morgan fingerprint density at radius 2 is 2.05 bits per heavy atom. The fourth-order valence-electron chi connectivity index (χ4n) is 2.88. The summed E-state index contributed by atoms with van der Waals surface area (Å²) in [5.41, 5.74) is 1.30. The van der Waals surface area contributed by atoms with Crippen LogP contribution >= 0.6 is 0 Å². The molecule has 0 aromatic carbocycles. The van der Waals surface area contributed by atoms with Gasteiger partial charge in [-0.2, -0.15) is 0 Å². The zero-order valence-electron chi connectivity index (χ0n) is 13.7. The lowest BCUT2D eigenvalue weighted by Gasteiger charge is -2.32. The summed E-state index contributed by atoms with van der Waals surface area (Å²) >= 11 is 0. The van der Waals surface area contributed by atoms with Crippen molar-refractivity contribution in [3.05, 3.63) is 23.2 Å². The van der Waals surface area contributed by atoms with Crippen molar-refractivity contribution in [2.75, 3.05) is 19.6 Å². The first-order chi connectivity index (χ1) is 9.95. The van der Waals surface area contributed by atoms with Crippen LogP contribution in [0.15, 0.2) is 10.5 Å². The summed E-state index contributed by atoms with van der Waals surface area (Å²) in [6.45, 7) is 11.9. The molecule has 1 aromatic heterocycles. The van der Waals surface area contributed by atoms with Crippen LogP contribution in [0.3, 0.4) is 0 Å². The van der Waals surface area contributed by atoms with E-state index in [0.717, 1.165) is 50.5 Å². The monoisotopic (exact) mass is 292 g/mol. The van der Waals surface area contributed by atoms with Crippen molar-refractivity contribution < 1.29 is 9.21 Å². The van der Waals surface area contributed by atoms with Gasteiger partial charge in [0, 0.05) is 24.6 Å². The van der Waals surface area contributed by atoms with E-state index in [9.17, 15) is 4.79 Å². The molecule has 0 spiro atoms. The van der Waals surface area contributed by atoms with Gasteiger partial charge in [-0.15, -0.1) is 0 Å². The van der Waals surface area contributed by atoms with Crippen molar-refractivity contribution in [3.8, 4) is 0 Å². The second kappa shape index (κ2) is 7.12. The van der Waals surface area contributed by atoms with Crippen molar-refractivity contribution in [3.63, 3.8) is 0 Å². The molecule has 0 aliphatic carbocycles. The van der Waals surface area contributed by atoms with Crippen LogP contribution in [0.4, 0.5) is 0 Å². The fraction of sp³-hybridized carbons (Fsp3) is 0.706. The third-order valence-corrected chi connectivity index (χ3v) is 4.33. The Labute approximate surface area is 127 Å². The molecule has 2 rings (SSSR count). The van der Waals surface area contributed by atoms with E-state index in [4.69, 9.17) is 4.42 Å². The van der Waals surface area contributed by atoms with Gasteiger partial charge in [-0.05, 0) is 51.8 Å². The van der Waals surface area contributed by atoms with Crippen LogP contribution in [0.5, 0.6) is 0 Å². The first kappa shape index (κ1) is 16.1. The van der Waals surface area contributed by atoms with Crippen LogP contribution in [-0.4, -0.2) is 30.4 Å². The van der Waals surface area contributed by atoms with Gasteiger partial charge in [0.2, 0.25) is 5.91 Å². The molecule has 1 aliphatic rings. The van der Waals surface area contributed by atoms with Gasteiger partial charge in [0.15, 0.2) is 0 Å². The molecule has 1 N–H and O–H groups in total. The Morgan fingerprint density at radius 3 is 2.57 bits per heavy atom. The van der Waals surface area contributed by atoms with Crippen molar-refractivity contribution >= 4 is 5.91 Å². The highest BCUT2D eigenvalue weighted by atomic mass is 16.3. The molecule has 1 fully saturated rings. The van der Waals surface area contributed by atoms with Gasteiger partial charge in [-0.1, -0.05) is 13.8 Å². The number of furan rings is 1. The van der Waals surface area contributed by atoms with E-state index < -0.39 is 0 Å². The molecule has 2 heterocycles. The standard InChI is InChI=1S/C17H28N2O2/c1-12(2)17(20)18-10-15-5-7-19(8-6-15)11-16-9-13(3)21-14(16)4/h9,12,15H,5-8,10-11H2,1-4H3,(H,18,20). The van der Waals surface area contributed by atoms with E-state index in [2.05, 4.69) is 16.3 Å². The molecule has 118 valence electrons. The number of nitrogens with zero attached hydrogens (tertiary/aromatic N) is 1. The maximum absolute atomic E-state index is 11.6. The summed E-state index contributed by atoms with van der Waals surface area (Å²) in [5, 5.41) is 3.06. The van der Waals surface area contributed by atoms with E-state index in [1.807, 2.05) is 27.7 Å². The summed E-state index contributed by atoms with van der Waals surface area (Å²) in [4.78, 5) is 14.1. The minimum absolute atomic E-state index is 0.0809. The molecule has 0 atom stereocenters. The number of rotatable bonds is 5. The topological polar surface area (TPSA) is 45.5 Å². The average molecular weight is 292 g/mol. The number of hydrogen-bond acceptors (Lipinski definition) is 3. The molecule has 0 radical (unpaired) electrons. The van der Waals surface area contributed by atoms with Crippen molar-refractivity contribution in [2.24, 2.45) is 11.8 Å². The molecule has 0 unspecified atom stereocenters. The Morgan fingerprint density at radius 1 is 1.38 bits per heavy atom. The number of likely N-dealkylation sites (tertiary alicyclic amines) is 1. The SMILES string of the molecule is Cc1cc(CN2CCC(CNC(=O)C(C)C)CC2)c(C)o1. The number of amides is 1. The molecule has 1 saturated heterocycles. The molecular weight excluding hydrogens is 264 g/mol. The highest BCUT2D eigenvalue weighted by Crippen LogP contribution is 2.21. The number of hydrogen-bond donors (Lipinski definition) is 1. The van der Waals surface area contributed by atoms with Crippen LogP contribution in [0, 0.1) is 25.7 Å². The Balaban J connectivity index is 1.73. The van der Waals surface area contributed by atoms with Gasteiger partial charge < -0.3 is 9.73 Å². The van der Waals surface area contributed by atoms with Crippen LogP contribution in [-0.2, 0) is 11.3 Å². The largest absolute Gasteiger partial charge is 0.466 e. The van der Waals surface area contributed by atoms with Crippen LogP contribution in [0.2, 0.25) is 0 Å². The van der Waals surface area contributed by atoms with E-state index in [-0.39, 0.29) is 11.8 Å². The highest BCUT2D eigenvalue weighted by Gasteiger charge is 2.21. The predicted octanol–water partition coefficient (Wildman–Crippen LogP) is 2.88. The summed E-state index contributed by atoms with van der Waals surface area (Å²) in [7, 11) is 0. The van der Waals surface area contributed by atoms with E-state index in [1.165, 1.54) is 5.56 Å². The van der Waals surface area contributed by atoms with Crippen molar-refractivity contribution in [1.29, 1.82) is 0 Å². The quantitative estimate of drug-likeness (QED) is 0.907. The minimum Gasteiger partial charge on any atom is -0.466 e. The number of carbonyl (C=O) groups is 1. The first-order valence-electron chi connectivity index (χ1n) is 8.01. The molecule has 1 aliphatic heterocycles. The minimum atomic E-state index is 0.0809. The van der Waals surface area contributed by atoms with E-state index in [0.29, 0.717) is 5.92 Å². The number of nitrogens with one attached hydrogen (secondary N) is 1. The molecule has 1 amide bonds. The van der Waals surface area contributed by atoms with Gasteiger partial charge in [-0.25, -0.2) is 0 Å². The predicted molar refractivity (Wildman–Crippen MR) is 84.0 cm³/mol. The molecule has 21 heavy (non-hydrogen) atoms. The normalized spacial score (nSPS) is 17.4. The third-order valence-electron chi connectivity index (χ3n) is 4.33. The maximum Gasteiger partial charge on any atom is 0.222 e. The average Bonchev–Trinajstić information content (AvgIpc) is 2.75. The van der Waals surface area contributed by atoms with Crippen molar-refractivity contribution in [1.82, 2.24) is 10.2 Å². The van der Waals surface area contributed by atoms with Gasteiger partial charge >= 0.3 is 0 Å². The Kier molecular flexibility index (Phi) is 5.45. The molecule has 0 bridgehead atoms. The maximum atomic E-state index is 11.6. The lowest BCUT2D eigenvalue weighted by molar-refractivity contribution is -0.124. The highest BCUT2D eigenvalue weighted by molar-refractivity contribution is 5.77. The smallest absolute Gasteiger partial charge is 0.222 e. The number of piperidine rings is 1. The third kappa shape index (κ3) is 4.60. The van der Waals surface area contributed by atoms with Gasteiger partial charge in [0.1, 0.15) is 11.5 Å². The lowest BCUT2D eigenvalue weighted by atomic mass is 9.96. The van der Waals surface area contributed by atoms with Gasteiger partial charge in [-0.3, -0.25) is 9.69 Å². The van der Waals surface area contributed by atoms with Crippen LogP contribution in [0.25, 0.3) is 0 Å². The zero-order valence-corrected chi connectivity index (χ0v) is 13.7. The summed E-state index contributed by atoms with van der Waals surface area (Å²) in [6.07, 6.45) is 2.32. The second-order valence-corrected chi connectivity index (χ2v) is 6.56.